The van der Waals surface area contributed by atoms with Crippen molar-refractivity contribution in [3.05, 3.63) is 0 Å². The van der Waals surface area contributed by atoms with E-state index in [4.69, 9.17) is 5.26 Å². The molecule has 0 spiro atoms. The Morgan fingerprint density at radius 2 is 1.94 bits per heavy atom. The van der Waals surface area contributed by atoms with Crippen LogP contribution in [-0.2, 0) is 9.59 Å². The minimum absolute atomic E-state index is 0.0733. The monoisotopic (exact) mass is 225 g/mol. The van der Waals surface area contributed by atoms with Crippen molar-refractivity contribution >= 4 is 11.8 Å². The fourth-order valence-electron chi connectivity index (χ4n) is 0.973. The lowest BCUT2D eigenvalue weighted by Crippen LogP contribution is -2.43. The molecule has 0 radical (unpaired) electrons. The van der Waals surface area contributed by atoms with Crippen LogP contribution >= 0.6 is 0 Å². The quantitative estimate of drug-likeness (QED) is 0.693. The van der Waals surface area contributed by atoms with Crippen LogP contribution in [0.1, 0.15) is 33.6 Å². The molecule has 0 aromatic heterocycles. The van der Waals surface area contributed by atoms with Gasteiger partial charge in [-0.25, -0.2) is 0 Å². The van der Waals surface area contributed by atoms with Gasteiger partial charge in [0, 0.05) is 6.54 Å². The molecule has 90 valence electrons. The van der Waals surface area contributed by atoms with Crippen molar-refractivity contribution in [3.63, 3.8) is 0 Å². The van der Waals surface area contributed by atoms with Crippen LogP contribution in [0.25, 0.3) is 0 Å². The second-order valence-corrected chi connectivity index (χ2v) is 3.83. The molecule has 0 aliphatic carbocycles. The van der Waals surface area contributed by atoms with Crippen LogP contribution < -0.4 is 10.6 Å². The highest BCUT2D eigenvalue weighted by molar-refractivity contribution is 5.89. The van der Waals surface area contributed by atoms with Gasteiger partial charge in [0.1, 0.15) is 5.41 Å². The second kappa shape index (κ2) is 6.83. The second-order valence-electron chi connectivity index (χ2n) is 3.83. The summed E-state index contributed by atoms with van der Waals surface area (Å²) in [7, 11) is 0. The van der Waals surface area contributed by atoms with Crippen molar-refractivity contribution in [1.82, 2.24) is 10.6 Å². The first-order valence-electron chi connectivity index (χ1n) is 5.46. The molecule has 16 heavy (non-hydrogen) atoms. The van der Waals surface area contributed by atoms with E-state index < -0.39 is 11.3 Å². The molecule has 0 aromatic rings. The minimum atomic E-state index is -1.05. The Morgan fingerprint density at radius 3 is 2.38 bits per heavy atom. The molecule has 0 rings (SSSR count). The van der Waals surface area contributed by atoms with E-state index in [2.05, 4.69) is 10.6 Å². The first-order chi connectivity index (χ1) is 7.50. The Bertz CT molecular complexity index is 296. The topological polar surface area (TPSA) is 82.0 Å². The summed E-state index contributed by atoms with van der Waals surface area (Å²) in [6.45, 7) is 5.79. The van der Waals surface area contributed by atoms with Gasteiger partial charge in [-0.1, -0.05) is 13.8 Å². The average molecular weight is 225 g/mol. The number of carbonyl (C=O) groups excluding carboxylic acids is 2. The molecule has 5 heteroatoms. The Balaban J connectivity index is 4.08. The summed E-state index contributed by atoms with van der Waals surface area (Å²) in [5.41, 5.74) is -1.05. The normalized spacial score (nSPS) is 13.4. The molecule has 0 aliphatic heterocycles. The van der Waals surface area contributed by atoms with E-state index in [0.717, 1.165) is 6.42 Å². The smallest absolute Gasteiger partial charge is 0.240 e. The molecule has 0 bridgehead atoms. The van der Waals surface area contributed by atoms with Gasteiger partial charge in [0.25, 0.3) is 0 Å². The van der Waals surface area contributed by atoms with E-state index in [1.165, 1.54) is 0 Å². The van der Waals surface area contributed by atoms with Gasteiger partial charge in [-0.2, -0.15) is 5.26 Å². The molecule has 0 saturated carbocycles. The van der Waals surface area contributed by atoms with Gasteiger partial charge in [0.05, 0.1) is 12.6 Å². The van der Waals surface area contributed by atoms with E-state index in [9.17, 15) is 9.59 Å². The zero-order valence-corrected chi connectivity index (χ0v) is 10.1. The highest BCUT2D eigenvalue weighted by atomic mass is 16.2. The van der Waals surface area contributed by atoms with Crippen molar-refractivity contribution in [3.8, 4) is 6.07 Å². The van der Waals surface area contributed by atoms with Crippen LogP contribution in [-0.4, -0.2) is 24.9 Å². The van der Waals surface area contributed by atoms with Crippen molar-refractivity contribution in [2.24, 2.45) is 5.41 Å². The third-order valence-corrected chi connectivity index (χ3v) is 2.44. The number of nitriles is 1. The summed E-state index contributed by atoms with van der Waals surface area (Å²) >= 11 is 0. The van der Waals surface area contributed by atoms with E-state index in [1.54, 1.807) is 13.8 Å². The predicted octanol–water partition coefficient (Wildman–Crippen LogP) is 0.569. The maximum Gasteiger partial charge on any atom is 0.240 e. The highest BCUT2D eigenvalue weighted by Crippen LogP contribution is 2.19. The molecule has 1 atom stereocenters. The third kappa shape index (κ3) is 4.30. The van der Waals surface area contributed by atoms with E-state index in [1.807, 2.05) is 13.0 Å². The maximum atomic E-state index is 11.6. The first kappa shape index (κ1) is 14.4. The average Bonchev–Trinajstić information content (AvgIpc) is 2.32. The molecule has 0 heterocycles. The Hall–Kier alpha value is -1.57. The Kier molecular flexibility index (Phi) is 6.16. The van der Waals surface area contributed by atoms with Crippen LogP contribution in [0.15, 0.2) is 0 Å². The predicted molar refractivity (Wildman–Crippen MR) is 60.3 cm³/mol. The van der Waals surface area contributed by atoms with Crippen LogP contribution in [0.4, 0.5) is 0 Å². The van der Waals surface area contributed by atoms with Crippen LogP contribution in [0.2, 0.25) is 0 Å². The van der Waals surface area contributed by atoms with E-state index >= 15 is 0 Å². The van der Waals surface area contributed by atoms with Crippen molar-refractivity contribution in [1.29, 1.82) is 5.26 Å². The standard InChI is InChI=1S/C11H19N3O2/c1-4-6-13-9(15)7-14-10(16)11(3,5-2)8-12/h4-7H2,1-3H3,(H,13,15)(H,14,16). The number of rotatable bonds is 6. The molecule has 0 saturated heterocycles. The Morgan fingerprint density at radius 1 is 1.31 bits per heavy atom. The van der Waals surface area contributed by atoms with Crippen LogP contribution in [0, 0.1) is 16.7 Å². The lowest BCUT2D eigenvalue weighted by Gasteiger charge is -2.18. The van der Waals surface area contributed by atoms with Crippen molar-refractivity contribution in [2.45, 2.75) is 33.6 Å². The maximum absolute atomic E-state index is 11.6. The van der Waals surface area contributed by atoms with Crippen molar-refractivity contribution in [2.75, 3.05) is 13.1 Å². The zero-order valence-electron chi connectivity index (χ0n) is 10.1. The molecule has 5 nitrogen and oxygen atoms in total. The van der Waals surface area contributed by atoms with Crippen molar-refractivity contribution < 1.29 is 9.59 Å². The largest absolute Gasteiger partial charge is 0.355 e. The summed E-state index contributed by atoms with van der Waals surface area (Å²) in [6.07, 6.45) is 1.27. The van der Waals surface area contributed by atoms with Crippen LogP contribution in [0.3, 0.4) is 0 Å². The van der Waals surface area contributed by atoms with Gasteiger partial charge in [0.2, 0.25) is 11.8 Å². The number of carbonyl (C=O) groups is 2. The molecular formula is C11H19N3O2. The lowest BCUT2D eigenvalue weighted by molar-refractivity contribution is -0.130. The summed E-state index contributed by atoms with van der Waals surface area (Å²) < 4.78 is 0. The van der Waals surface area contributed by atoms with Gasteiger partial charge < -0.3 is 10.6 Å². The third-order valence-electron chi connectivity index (χ3n) is 2.44. The van der Waals surface area contributed by atoms with Gasteiger partial charge >= 0.3 is 0 Å². The zero-order chi connectivity index (χ0) is 12.6. The summed E-state index contributed by atoms with van der Waals surface area (Å²) in [5.74, 6) is -0.629. The molecule has 1 unspecified atom stereocenters. The fourth-order valence-corrected chi connectivity index (χ4v) is 0.973. The van der Waals surface area contributed by atoms with E-state index in [-0.39, 0.29) is 12.5 Å². The molecule has 0 aromatic carbocycles. The summed E-state index contributed by atoms with van der Waals surface area (Å²) in [5, 5.41) is 13.9. The van der Waals surface area contributed by atoms with E-state index in [0.29, 0.717) is 13.0 Å². The minimum Gasteiger partial charge on any atom is -0.355 e. The Labute approximate surface area is 96.2 Å². The summed E-state index contributed by atoms with van der Waals surface area (Å²) in [4.78, 5) is 22.8. The molecular weight excluding hydrogens is 206 g/mol. The number of nitrogens with zero attached hydrogens (tertiary/aromatic N) is 1. The number of amides is 2. The molecule has 0 aliphatic rings. The molecule has 2 amide bonds. The summed E-state index contributed by atoms with van der Waals surface area (Å²) in [6, 6.07) is 1.95. The van der Waals surface area contributed by atoms with Gasteiger partial charge in [0.15, 0.2) is 0 Å². The lowest BCUT2D eigenvalue weighted by atomic mass is 9.88. The SMILES string of the molecule is CCCNC(=O)CNC(=O)C(C)(C#N)CC. The fraction of sp³-hybridized carbons (Fsp3) is 0.727. The van der Waals surface area contributed by atoms with Gasteiger partial charge in [-0.3, -0.25) is 9.59 Å². The van der Waals surface area contributed by atoms with Gasteiger partial charge in [-0.05, 0) is 19.8 Å². The molecule has 0 fully saturated rings. The highest BCUT2D eigenvalue weighted by Gasteiger charge is 2.31. The number of nitrogens with one attached hydrogen (secondary N) is 2. The first-order valence-corrected chi connectivity index (χ1v) is 5.46. The number of hydrogen-bond acceptors (Lipinski definition) is 3. The number of hydrogen-bond donors (Lipinski definition) is 2. The van der Waals surface area contributed by atoms with Crippen LogP contribution in [0.5, 0.6) is 0 Å². The molecule has 2 N–H and O–H groups in total. The van der Waals surface area contributed by atoms with Gasteiger partial charge in [-0.15, -0.1) is 0 Å².